The third kappa shape index (κ3) is 3.15. The van der Waals surface area contributed by atoms with Crippen LogP contribution in [0.15, 0.2) is 34.8 Å². The Balaban J connectivity index is 2.47. The predicted octanol–water partition coefficient (Wildman–Crippen LogP) is 5.87. The first-order chi connectivity index (χ1) is 9.43. The Morgan fingerprint density at radius 3 is 2.25 bits per heavy atom. The molecule has 6 heteroatoms. The van der Waals surface area contributed by atoms with Gasteiger partial charge in [0.05, 0.1) is 17.0 Å². The fraction of sp³-hybridized carbons (Fsp3) is 0.143. The van der Waals surface area contributed by atoms with Gasteiger partial charge in [-0.1, -0.05) is 33.6 Å². The third-order valence-electron chi connectivity index (χ3n) is 2.78. The molecule has 0 saturated carbocycles. The van der Waals surface area contributed by atoms with Crippen LogP contribution in [-0.4, -0.2) is 7.11 Å². The van der Waals surface area contributed by atoms with Crippen LogP contribution in [-0.2, 0) is 0 Å². The second kappa shape index (κ2) is 6.41. The van der Waals surface area contributed by atoms with Crippen molar-refractivity contribution in [2.45, 2.75) is 4.83 Å². The molecule has 0 aliphatic heterocycles. The Bertz CT molecular complexity index is 626. The summed E-state index contributed by atoms with van der Waals surface area (Å²) in [6.45, 7) is 0. The van der Waals surface area contributed by atoms with Crippen LogP contribution in [0.1, 0.15) is 16.0 Å². The Hall–Kier alpha value is -0.650. The number of hydrogen-bond donors (Lipinski definition) is 0. The van der Waals surface area contributed by atoms with E-state index in [1.165, 1.54) is 7.11 Å². The van der Waals surface area contributed by atoms with E-state index in [0.29, 0.717) is 10.6 Å². The molecule has 1 atom stereocenters. The molecule has 2 aromatic rings. The highest BCUT2D eigenvalue weighted by Crippen LogP contribution is 2.38. The topological polar surface area (TPSA) is 9.23 Å². The molecule has 0 heterocycles. The van der Waals surface area contributed by atoms with Crippen molar-refractivity contribution in [1.82, 2.24) is 0 Å². The van der Waals surface area contributed by atoms with E-state index in [1.807, 2.05) is 0 Å². The van der Waals surface area contributed by atoms with Crippen LogP contribution in [0.4, 0.5) is 8.78 Å². The fourth-order valence-corrected chi connectivity index (χ4v) is 2.92. The first kappa shape index (κ1) is 15.7. The standard InChI is InChI=1S/C14H9Br2ClF2O/c1-20-8-5-11(18)13(12(19)6-8)14(16)7-2-3-9(15)10(17)4-7/h2-6,14H,1H3. The van der Waals surface area contributed by atoms with Crippen molar-refractivity contribution in [1.29, 1.82) is 0 Å². The lowest BCUT2D eigenvalue weighted by Crippen LogP contribution is -2.02. The number of rotatable bonds is 3. The van der Waals surface area contributed by atoms with Gasteiger partial charge in [0, 0.05) is 22.2 Å². The number of benzene rings is 2. The smallest absolute Gasteiger partial charge is 0.134 e. The first-order valence-electron chi connectivity index (χ1n) is 5.56. The Morgan fingerprint density at radius 2 is 1.75 bits per heavy atom. The van der Waals surface area contributed by atoms with Crippen molar-refractivity contribution in [2.24, 2.45) is 0 Å². The molecule has 0 amide bonds. The van der Waals surface area contributed by atoms with E-state index in [2.05, 4.69) is 31.9 Å². The summed E-state index contributed by atoms with van der Waals surface area (Å²) in [7, 11) is 1.36. The van der Waals surface area contributed by atoms with Crippen molar-refractivity contribution >= 4 is 43.5 Å². The normalized spacial score (nSPS) is 12.3. The number of alkyl halides is 1. The summed E-state index contributed by atoms with van der Waals surface area (Å²) in [5.41, 5.74) is 0.574. The molecular weight excluding hydrogens is 417 g/mol. The van der Waals surface area contributed by atoms with Crippen molar-refractivity contribution < 1.29 is 13.5 Å². The van der Waals surface area contributed by atoms with E-state index in [0.717, 1.165) is 16.6 Å². The maximum atomic E-state index is 14.0. The number of ether oxygens (including phenoxy) is 1. The van der Waals surface area contributed by atoms with Gasteiger partial charge >= 0.3 is 0 Å². The second-order valence-electron chi connectivity index (χ2n) is 4.04. The zero-order valence-corrected chi connectivity index (χ0v) is 14.2. The van der Waals surface area contributed by atoms with E-state index < -0.39 is 16.5 Å². The maximum Gasteiger partial charge on any atom is 0.134 e. The molecule has 0 bridgehead atoms. The van der Waals surface area contributed by atoms with Gasteiger partial charge in [0.15, 0.2) is 0 Å². The first-order valence-corrected chi connectivity index (χ1v) is 7.64. The summed E-state index contributed by atoms with van der Waals surface area (Å²) in [5.74, 6) is -1.22. The Morgan fingerprint density at radius 1 is 1.15 bits per heavy atom. The summed E-state index contributed by atoms with van der Waals surface area (Å²) >= 11 is 12.6. The Kier molecular flexibility index (Phi) is 5.04. The van der Waals surface area contributed by atoms with Gasteiger partial charge in [-0.2, -0.15) is 0 Å². The zero-order valence-electron chi connectivity index (χ0n) is 10.3. The van der Waals surface area contributed by atoms with Gasteiger partial charge in [-0.05, 0) is 33.6 Å². The molecule has 2 aromatic carbocycles. The van der Waals surface area contributed by atoms with Gasteiger partial charge in [-0.15, -0.1) is 0 Å². The van der Waals surface area contributed by atoms with Crippen molar-refractivity contribution in [3.63, 3.8) is 0 Å². The number of methoxy groups -OCH3 is 1. The lowest BCUT2D eigenvalue weighted by molar-refractivity contribution is 0.405. The molecule has 20 heavy (non-hydrogen) atoms. The maximum absolute atomic E-state index is 14.0. The minimum absolute atomic E-state index is 0.0795. The molecule has 0 aliphatic carbocycles. The largest absolute Gasteiger partial charge is 0.497 e. The number of halogens is 5. The highest BCUT2D eigenvalue weighted by atomic mass is 79.9. The molecule has 0 fully saturated rings. The SMILES string of the molecule is COc1cc(F)c(C(Br)c2ccc(Br)c(Cl)c2)c(F)c1. The molecule has 0 spiro atoms. The summed E-state index contributed by atoms with van der Waals surface area (Å²) in [5, 5.41) is 0.473. The molecule has 0 radical (unpaired) electrons. The highest BCUT2D eigenvalue weighted by Gasteiger charge is 2.21. The van der Waals surface area contributed by atoms with Gasteiger partial charge in [-0.3, -0.25) is 0 Å². The average molecular weight is 426 g/mol. The van der Waals surface area contributed by atoms with Crippen LogP contribution in [0, 0.1) is 11.6 Å². The minimum Gasteiger partial charge on any atom is -0.497 e. The van der Waals surface area contributed by atoms with Crippen molar-refractivity contribution in [3.8, 4) is 5.75 Å². The zero-order chi connectivity index (χ0) is 14.9. The summed E-state index contributed by atoms with van der Waals surface area (Å²) < 4.78 is 33.6. The van der Waals surface area contributed by atoms with Crippen molar-refractivity contribution in [2.75, 3.05) is 7.11 Å². The molecule has 0 N–H and O–H groups in total. The van der Waals surface area contributed by atoms with Gasteiger partial charge in [0.2, 0.25) is 0 Å². The van der Waals surface area contributed by atoms with Gasteiger partial charge in [0.25, 0.3) is 0 Å². The molecular formula is C14H9Br2ClF2O. The van der Waals surface area contributed by atoms with E-state index in [9.17, 15) is 8.78 Å². The summed E-state index contributed by atoms with van der Waals surface area (Å²) in [4.78, 5) is -0.640. The van der Waals surface area contributed by atoms with Crippen LogP contribution in [0.2, 0.25) is 5.02 Å². The molecule has 106 valence electrons. The van der Waals surface area contributed by atoms with Gasteiger partial charge < -0.3 is 4.74 Å². The lowest BCUT2D eigenvalue weighted by atomic mass is 10.0. The van der Waals surface area contributed by atoms with Crippen LogP contribution < -0.4 is 4.74 Å². The quantitative estimate of drug-likeness (QED) is 0.558. The summed E-state index contributed by atoms with van der Waals surface area (Å²) in [6, 6.07) is 7.40. The van der Waals surface area contributed by atoms with Gasteiger partial charge in [0.1, 0.15) is 17.4 Å². The molecule has 1 nitrogen and oxygen atoms in total. The molecule has 2 rings (SSSR count). The number of hydrogen-bond acceptors (Lipinski definition) is 1. The highest BCUT2D eigenvalue weighted by molar-refractivity contribution is 9.10. The van der Waals surface area contributed by atoms with E-state index in [1.54, 1.807) is 18.2 Å². The lowest BCUT2D eigenvalue weighted by Gasteiger charge is -2.14. The molecule has 1 unspecified atom stereocenters. The molecule has 0 aliphatic rings. The van der Waals surface area contributed by atoms with Crippen LogP contribution in [0.3, 0.4) is 0 Å². The Labute approximate surface area is 137 Å². The molecule has 0 aromatic heterocycles. The van der Waals surface area contributed by atoms with E-state index in [-0.39, 0.29) is 11.3 Å². The average Bonchev–Trinajstić information content (AvgIpc) is 2.40. The summed E-state index contributed by atoms with van der Waals surface area (Å²) in [6.07, 6.45) is 0. The van der Waals surface area contributed by atoms with Crippen LogP contribution >= 0.6 is 43.5 Å². The minimum atomic E-state index is -0.678. The third-order valence-corrected chi connectivity index (χ3v) is 5.00. The van der Waals surface area contributed by atoms with Gasteiger partial charge in [-0.25, -0.2) is 8.78 Å². The van der Waals surface area contributed by atoms with E-state index >= 15 is 0 Å². The fourth-order valence-electron chi connectivity index (χ4n) is 1.76. The predicted molar refractivity (Wildman–Crippen MR) is 82.8 cm³/mol. The van der Waals surface area contributed by atoms with Crippen LogP contribution in [0.25, 0.3) is 0 Å². The molecule has 0 saturated heterocycles. The van der Waals surface area contributed by atoms with Crippen LogP contribution in [0.5, 0.6) is 5.75 Å². The van der Waals surface area contributed by atoms with E-state index in [4.69, 9.17) is 16.3 Å². The van der Waals surface area contributed by atoms with Crippen molar-refractivity contribution in [3.05, 3.63) is 62.6 Å². The second-order valence-corrected chi connectivity index (χ2v) is 6.22. The monoisotopic (exact) mass is 424 g/mol.